The number of aliphatic hydroxyl groups excluding tert-OH is 12. The van der Waals surface area contributed by atoms with Crippen LogP contribution >= 0.6 is 0 Å². The zero-order valence-corrected chi connectivity index (χ0v) is 24.4. The van der Waals surface area contributed by atoms with Crippen LogP contribution in [0.3, 0.4) is 0 Å². The third-order valence-electron chi connectivity index (χ3n) is 7.88. The van der Waals surface area contributed by atoms with Crippen LogP contribution in [0.4, 0.5) is 0 Å². The monoisotopic (exact) mass is 660 g/mol. The van der Waals surface area contributed by atoms with Gasteiger partial charge in [-0.2, -0.15) is 0 Å². The molecule has 0 aromatic rings. The van der Waals surface area contributed by atoms with Gasteiger partial charge in [-0.3, -0.25) is 14.4 Å². The minimum absolute atomic E-state index is 0.764. The van der Waals surface area contributed by atoms with Gasteiger partial charge in [-0.05, 0) is 0 Å². The van der Waals surface area contributed by atoms with Gasteiger partial charge in [0.2, 0.25) is 11.8 Å². The first-order chi connectivity index (χ1) is 20.8. The molecule has 15 N–H and O–H groups in total. The van der Waals surface area contributed by atoms with Gasteiger partial charge in [0.15, 0.2) is 17.2 Å². The Balaban J connectivity index is 2.73. The molecule has 15 atom stereocenters. The highest BCUT2D eigenvalue weighted by Crippen LogP contribution is 2.43. The van der Waals surface area contributed by atoms with Gasteiger partial charge in [0.1, 0.15) is 67.1 Å². The van der Waals surface area contributed by atoms with Gasteiger partial charge < -0.3 is 86.5 Å². The van der Waals surface area contributed by atoms with Crippen LogP contribution in [0.1, 0.15) is 26.7 Å². The normalized spacial score (nSPS) is 37.9. The van der Waals surface area contributed by atoms with E-state index < -0.39 is 141 Å². The zero-order valence-electron chi connectivity index (χ0n) is 24.4. The van der Waals surface area contributed by atoms with Crippen molar-refractivity contribution in [3.63, 3.8) is 0 Å². The molecule has 20 nitrogen and oxygen atoms in total. The lowest BCUT2D eigenvalue weighted by atomic mass is 9.72. The third-order valence-corrected chi connectivity index (χ3v) is 7.88. The Bertz CT molecular complexity index is 1020. The molecule has 2 fully saturated rings. The van der Waals surface area contributed by atoms with Crippen molar-refractivity contribution in [1.29, 1.82) is 0 Å². The molecule has 2 heterocycles. The summed E-state index contributed by atoms with van der Waals surface area (Å²) in [6, 6.07) is -3.92. The Morgan fingerprint density at radius 1 is 0.844 bits per heavy atom. The minimum atomic E-state index is -3.12. The Morgan fingerprint density at radius 3 is 1.91 bits per heavy atom. The Labute approximate surface area is 256 Å². The van der Waals surface area contributed by atoms with Crippen molar-refractivity contribution in [3.8, 4) is 0 Å². The van der Waals surface area contributed by atoms with Gasteiger partial charge in [-0.15, -0.1) is 0 Å². The van der Waals surface area contributed by atoms with Gasteiger partial charge in [0, 0.05) is 26.7 Å². The van der Waals surface area contributed by atoms with Crippen LogP contribution in [0, 0.1) is 0 Å². The Morgan fingerprint density at radius 2 is 1.42 bits per heavy atom. The Hall–Kier alpha value is -1.99. The molecule has 0 saturated carbocycles. The van der Waals surface area contributed by atoms with Crippen LogP contribution in [0.5, 0.6) is 0 Å². The second-order valence-electron chi connectivity index (χ2n) is 11.4. The number of amides is 2. The molecule has 0 aromatic heterocycles. The zero-order chi connectivity index (χ0) is 34.6. The maximum absolute atomic E-state index is 14.2. The summed E-state index contributed by atoms with van der Waals surface area (Å²) in [6.07, 6.45) is -26.0. The number of rotatable bonds is 14. The fourth-order valence-electron chi connectivity index (χ4n) is 5.59. The molecule has 45 heavy (non-hydrogen) atoms. The maximum atomic E-state index is 14.2. The highest BCUT2D eigenvalue weighted by atomic mass is 16.6. The predicted molar refractivity (Wildman–Crippen MR) is 142 cm³/mol. The number of hydrogen-bond donors (Lipinski definition) is 15. The number of hydrogen-bond acceptors (Lipinski definition) is 18. The van der Waals surface area contributed by atoms with Crippen LogP contribution in [-0.4, -0.2) is 194 Å². The number of Topliss-reactive ketones (excluding diaryl/α,β-unsaturated/α-hetero) is 1. The SMILES string of the molecule is CC(=O)N[C@H]1[C@H]([C@H](O)[C@H](O)CO)O[C@](O)(CC2(C(=O)[C@H](NC(C)=O)[C@@H](O)[C@H](O)[C@H](O)CO)O[C@H](CO)[C@H](O)[C@H](O)[C@H]2O)C[C@@H]1O. The molecule has 0 aromatic carbocycles. The molecule has 2 amide bonds. The van der Waals surface area contributed by atoms with E-state index in [1.54, 1.807) is 0 Å². The molecule has 2 rings (SSSR count). The highest BCUT2D eigenvalue weighted by molar-refractivity contribution is 5.96. The first-order valence-electron chi connectivity index (χ1n) is 13.9. The lowest BCUT2D eigenvalue weighted by Gasteiger charge is -2.53. The van der Waals surface area contributed by atoms with E-state index in [4.69, 9.17) is 9.47 Å². The number of aliphatic hydroxyl groups is 13. The molecule has 1 unspecified atom stereocenters. The highest BCUT2D eigenvalue weighted by Gasteiger charge is 2.64. The third kappa shape index (κ3) is 8.49. The van der Waals surface area contributed by atoms with Gasteiger partial charge in [-0.25, -0.2) is 0 Å². The van der Waals surface area contributed by atoms with Crippen LogP contribution < -0.4 is 10.6 Å². The van der Waals surface area contributed by atoms with E-state index in [2.05, 4.69) is 5.32 Å². The van der Waals surface area contributed by atoms with Gasteiger partial charge in [0.05, 0.1) is 32.0 Å². The van der Waals surface area contributed by atoms with E-state index in [1.165, 1.54) is 0 Å². The summed E-state index contributed by atoms with van der Waals surface area (Å²) in [5.41, 5.74) is -3.12. The summed E-state index contributed by atoms with van der Waals surface area (Å²) in [5, 5.41) is 139. The Kier molecular flexibility index (Phi) is 13.7. The summed E-state index contributed by atoms with van der Waals surface area (Å²) in [6.45, 7) is -1.44. The molecular formula is C25H44N2O18. The van der Waals surface area contributed by atoms with Gasteiger partial charge in [0.25, 0.3) is 0 Å². The molecule has 0 radical (unpaired) electrons. The second-order valence-corrected chi connectivity index (χ2v) is 11.4. The summed E-state index contributed by atoms with van der Waals surface area (Å²) in [7, 11) is 0. The van der Waals surface area contributed by atoms with Crippen molar-refractivity contribution in [2.75, 3.05) is 19.8 Å². The van der Waals surface area contributed by atoms with Crippen molar-refractivity contribution in [2.45, 2.75) is 117 Å². The van der Waals surface area contributed by atoms with E-state index in [1.807, 2.05) is 5.32 Å². The van der Waals surface area contributed by atoms with Crippen LogP contribution in [-0.2, 0) is 23.9 Å². The molecule has 2 aliphatic rings. The largest absolute Gasteiger partial charge is 0.394 e. The number of ketones is 1. The van der Waals surface area contributed by atoms with E-state index in [0.29, 0.717) is 0 Å². The quantitative estimate of drug-likeness (QED) is 0.0822. The number of carbonyl (C=O) groups excluding carboxylic acids is 3. The van der Waals surface area contributed by atoms with E-state index in [0.717, 1.165) is 13.8 Å². The first-order valence-corrected chi connectivity index (χ1v) is 13.9. The summed E-state index contributed by atoms with van der Waals surface area (Å²) < 4.78 is 11.1. The topological polar surface area (TPSA) is 357 Å². The average molecular weight is 661 g/mol. The second kappa shape index (κ2) is 15.7. The fraction of sp³-hybridized carbons (Fsp3) is 0.880. The van der Waals surface area contributed by atoms with Crippen molar-refractivity contribution in [3.05, 3.63) is 0 Å². The van der Waals surface area contributed by atoms with Crippen molar-refractivity contribution in [1.82, 2.24) is 10.6 Å². The molecule has 0 spiro atoms. The molecule has 262 valence electrons. The molecular weight excluding hydrogens is 616 g/mol. The van der Waals surface area contributed by atoms with Crippen LogP contribution in [0.2, 0.25) is 0 Å². The number of carbonyl (C=O) groups is 3. The minimum Gasteiger partial charge on any atom is -0.394 e. The van der Waals surface area contributed by atoms with Crippen molar-refractivity contribution < 1.29 is 90.2 Å². The molecule has 0 aliphatic carbocycles. The van der Waals surface area contributed by atoms with E-state index in [9.17, 15) is 80.8 Å². The average Bonchev–Trinajstić information content (AvgIpc) is 2.98. The van der Waals surface area contributed by atoms with Crippen LogP contribution in [0.25, 0.3) is 0 Å². The smallest absolute Gasteiger partial charge is 0.217 e. The summed E-state index contributed by atoms with van der Waals surface area (Å²) >= 11 is 0. The lowest BCUT2D eigenvalue weighted by Crippen LogP contribution is -2.75. The predicted octanol–water partition coefficient (Wildman–Crippen LogP) is -9.20. The summed E-state index contributed by atoms with van der Waals surface area (Å²) in [4.78, 5) is 38.1. The number of nitrogens with one attached hydrogen (secondary N) is 2. The summed E-state index contributed by atoms with van der Waals surface area (Å²) in [5.74, 6) is -6.39. The van der Waals surface area contributed by atoms with Crippen molar-refractivity contribution in [2.24, 2.45) is 0 Å². The molecule has 20 heteroatoms. The van der Waals surface area contributed by atoms with Gasteiger partial charge >= 0.3 is 0 Å². The first kappa shape index (κ1) is 39.2. The molecule has 0 bridgehead atoms. The maximum Gasteiger partial charge on any atom is 0.217 e. The standard InChI is InChI=1S/C25H44N2O18/c1-8(31)26-14-10(33)3-24(43,45-21(14)17(37)12(35)5-29)7-25(23(42)20(40)18(38)13(6-30)44-25)22(41)15(27-9(2)32)19(39)16(36)11(34)4-28/h10-21,23,28-30,33-40,42-43H,3-7H2,1-2H3,(H,26,31)(H,27,32)/t10-,11+,12+,13+,14+,15+,16+,17+,18-,19+,20-,21+,23+,24-,25?/m0/s1. The van der Waals surface area contributed by atoms with Gasteiger partial charge in [-0.1, -0.05) is 0 Å². The molecule has 2 aliphatic heterocycles. The fourth-order valence-corrected chi connectivity index (χ4v) is 5.59. The van der Waals surface area contributed by atoms with Crippen LogP contribution in [0.15, 0.2) is 0 Å². The number of ether oxygens (including phenoxy) is 2. The van der Waals surface area contributed by atoms with E-state index in [-0.39, 0.29) is 0 Å². The molecule has 2 saturated heterocycles. The van der Waals surface area contributed by atoms with E-state index >= 15 is 0 Å². The lowest BCUT2D eigenvalue weighted by molar-refractivity contribution is -0.337. The van der Waals surface area contributed by atoms with Crippen molar-refractivity contribution >= 4 is 17.6 Å².